The number of thioether (sulfide) groups is 1. The molecule has 0 spiro atoms. The van der Waals surface area contributed by atoms with E-state index in [-0.39, 0.29) is 11.7 Å². The predicted octanol–water partition coefficient (Wildman–Crippen LogP) is 3.62. The highest BCUT2D eigenvalue weighted by molar-refractivity contribution is 7.99. The molecular weight excluding hydrogens is 337 g/mol. The Kier molecular flexibility index (Phi) is 6.28. The summed E-state index contributed by atoms with van der Waals surface area (Å²) in [6, 6.07) is 10.3. The number of nitrogens with one attached hydrogen (secondary N) is 1. The van der Waals surface area contributed by atoms with E-state index in [1.807, 2.05) is 6.07 Å². The molecule has 1 saturated heterocycles. The molecule has 0 unspecified atom stereocenters. The van der Waals surface area contributed by atoms with E-state index in [9.17, 15) is 9.18 Å². The van der Waals surface area contributed by atoms with E-state index in [1.54, 1.807) is 30.1 Å². The van der Waals surface area contributed by atoms with Crippen LogP contribution in [0.2, 0.25) is 0 Å². The normalized spacial score (nSPS) is 13.9. The Bertz CT molecular complexity index is 702. The Morgan fingerprint density at radius 1 is 1.20 bits per heavy atom. The molecule has 1 aromatic heterocycles. The van der Waals surface area contributed by atoms with Crippen LogP contribution in [0.1, 0.15) is 24.8 Å². The average molecular weight is 359 g/mol. The van der Waals surface area contributed by atoms with Gasteiger partial charge in [-0.3, -0.25) is 4.79 Å². The van der Waals surface area contributed by atoms with Crippen molar-refractivity contribution >= 4 is 23.5 Å². The Morgan fingerprint density at radius 2 is 1.96 bits per heavy atom. The molecule has 1 aromatic carbocycles. The number of carbonyl (C=O) groups is 1. The third-order valence-corrected chi connectivity index (χ3v) is 5.15. The zero-order valence-corrected chi connectivity index (χ0v) is 14.9. The molecule has 1 N–H and O–H groups in total. The summed E-state index contributed by atoms with van der Waals surface area (Å²) >= 11 is 1.55. The lowest BCUT2D eigenvalue weighted by molar-refractivity contribution is -0.120. The number of aromatic nitrogens is 1. The van der Waals surface area contributed by atoms with Crippen molar-refractivity contribution in [3.63, 3.8) is 0 Å². The van der Waals surface area contributed by atoms with Gasteiger partial charge in [-0.1, -0.05) is 0 Å². The standard InChI is InChI=1S/C19H22FN3OS/c20-16-3-5-17(6-4-16)25-12-8-19(24)22-14-15-7-9-21-18(13-15)23-10-1-2-11-23/h3-7,9,13H,1-2,8,10-12,14H2,(H,22,24). The van der Waals surface area contributed by atoms with Crippen LogP contribution in [0, 0.1) is 5.82 Å². The number of hydrogen-bond acceptors (Lipinski definition) is 4. The van der Waals surface area contributed by atoms with Crippen LogP contribution in [0.3, 0.4) is 0 Å². The zero-order valence-electron chi connectivity index (χ0n) is 14.1. The lowest BCUT2D eigenvalue weighted by Gasteiger charge is -2.17. The Morgan fingerprint density at radius 3 is 2.72 bits per heavy atom. The molecule has 1 aliphatic rings. The quantitative estimate of drug-likeness (QED) is 0.767. The molecule has 2 aromatic rings. The summed E-state index contributed by atoms with van der Waals surface area (Å²) in [5.74, 6) is 1.45. The van der Waals surface area contributed by atoms with Crippen LogP contribution in [-0.2, 0) is 11.3 Å². The molecular formula is C19H22FN3OS. The van der Waals surface area contributed by atoms with Gasteiger partial charge >= 0.3 is 0 Å². The lowest BCUT2D eigenvalue weighted by Crippen LogP contribution is -2.24. The maximum atomic E-state index is 12.8. The van der Waals surface area contributed by atoms with Crippen LogP contribution >= 0.6 is 11.8 Å². The van der Waals surface area contributed by atoms with Gasteiger partial charge in [0.2, 0.25) is 5.91 Å². The molecule has 0 saturated carbocycles. The van der Waals surface area contributed by atoms with E-state index >= 15 is 0 Å². The van der Waals surface area contributed by atoms with Crippen LogP contribution in [0.25, 0.3) is 0 Å². The SMILES string of the molecule is O=C(CCSc1ccc(F)cc1)NCc1ccnc(N2CCCC2)c1. The van der Waals surface area contributed by atoms with Gasteiger partial charge in [0.15, 0.2) is 0 Å². The minimum Gasteiger partial charge on any atom is -0.357 e. The lowest BCUT2D eigenvalue weighted by atomic mass is 10.2. The van der Waals surface area contributed by atoms with Crippen LogP contribution < -0.4 is 10.2 Å². The van der Waals surface area contributed by atoms with Crippen molar-refractivity contribution in [1.82, 2.24) is 10.3 Å². The molecule has 1 aliphatic heterocycles. The van der Waals surface area contributed by atoms with Gasteiger partial charge in [-0.2, -0.15) is 0 Å². The summed E-state index contributed by atoms with van der Waals surface area (Å²) in [6.45, 7) is 2.64. The highest BCUT2D eigenvalue weighted by Gasteiger charge is 2.13. The number of rotatable bonds is 7. The summed E-state index contributed by atoms with van der Waals surface area (Å²) < 4.78 is 12.8. The van der Waals surface area contributed by atoms with E-state index in [0.717, 1.165) is 29.4 Å². The van der Waals surface area contributed by atoms with E-state index < -0.39 is 0 Å². The van der Waals surface area contributed by atoms with E-state index in [2.05, 4.69) is 21.3 Å². The first-order valence-corrected chi connectivity index (χ1v) is 9.54. The van der Waals surface area contributed by atoms with Gasteiger partial charge in [-0.15, -0.1) is 11.8 Å². The Labute approximate surface area is 151 Å². The summed E-state index contributed by atoms with van der Waals surface area (Å²) in [4.78, 5) is 19.7. The fourth-order valence-corrected chi connectivity index (χ4v) is 3.62. The minimum atomic E-state index is -0.243. The predicted molar refractivity (Wildman–Crippen MR) is 99.3 cm³/mol. The van der Waals surface area contributed by atoms with Gasteiger partial charge in [-0.25, -0.2) is 9.37 Å². The molecule has 1 amide bonds. The monoisotopic (exact) mass is 359 g/mol. The van der Waals surface area contributed by atoms with Gasteiger partial charge in [0, 0.05) is 42.9 Å². The van der Waals surface area contributed by atoms with Crippen molar-refractivity contribution in [2.75, 3.05) is 23.7 Å². The van der Waals surface area contributed by atoms with Crippen molar-refractivity contribution in [2.24, 2.45) is 0 Å². The fourth-order valence-electron chi connectivity index (χ4n) is 2.77. The Balaban J connectivity index is 1.41. The summed E-state index contributed by atoms with van der Waals surface area (Å²) in [5.41, 5.74) is 1.07. The third-order valence-electron chi connectivity index (χ3n) is 4.14. The van der Waals surface area contributed by atoms with Crippen LogP contribution in [0.15, 0.2) is 47.5 Å². The molecule has 6 heteroatoms. The number of anilines is 1. The van der Waals surface area contributed by atoms with Crippen LogP contribution in [0.4, 0.5) is 10.2 Å². The second-order valence-corrected chi connectivity index (χ2v) is 7.21. The second kappa shape index (κ2) is 8.85. The van der Waals surface area contributed by atoms with E-state index in [1.165, 1.54) is 25.0 Å². The van der Waals surface area contributed by atoms with Gasteiger partial charge in [0.1, 0.15) is 11.6 Å². The highest BCUT2D eigenvalue weighted by atomic mass is 32.2. The van der Waals surface area contributed by atoms with Crippen molar-refractivity contribution in [3.8, 4) is 0 Å². The van der Waals surface area contributed by atoms with Crippen molar-refractivity contribution in [3.05, 3.63) is 54.0 Å². The first-order chi connectivity index (χ1) is 12.2. The molecule has 0 bridgehead atoms. The van der Waals surface area contributed by atoms with Crippen LogP contribution in [-0.4, -0.2) is 29.7 Å². The van der Waals surface area contributed by atoms with E-state index in [0.29, 0.717) is 18.7 Å². The number of amides is 1. The number of benzene rings is 1. The van der Waals surface area contributed by atoms with Gasteiger partial charge < -0.3 is 10.2 Å². The number of halogens is 1. The van der Waals surface area contributed by atoms with Crippen molar-refractivity contribution in [1.29, 1.82) is 0 Å². The van der Waals surface area contributed by atoms with Crippen LogP contribution in [0.5, 0.6) is 0 Å². The maximum Gasteiger partial charge on any atom is 0.221 e. The number of nitrogens with zero attached hydrogens (tertiary/aromatic N) is 2. The van der Waals surface area contributed by atoms with Gasteiger partial charge in [-0.05, 0) is 54.8 Å². The fraction of sp³-hybridized carbons (Fsp3) is 0.368. The number of carbonyl (C=O) groups excluding carboxylic acids is 1. The molecule has 0 radical (unpaired) electrons. The smallest absolute Gasteiger partial charge is 0.221 e. The first-order valence-electron chi connectivity index (χ1n) is 8.56. The molecule has 4 nitrogen and oxygen atoms in total. The van der Waals surface area contributed by atoms with Gasteiger partial charge in [0.25, 0.3) is 0 Å². The zero-order chi connectivity index (χ0) is 17.5. The third kappa shape index (κ3) is 5.46. The van der Waals surface area contributed by atoms with Gasteiger partial charge in [0.05, 0.1) is 0 Å². The molecule has 25 heavy (non-hydrogen) atoms. The first kappa shape index (κ1) is 17.7. The Hall–Kier alpha value is -2.08. The molecule has 0 atom stereocenters. The molecule has 132 valence electrons. The largest absolute Gasteiger partial charge is 0.357 e. The summed E-state index contributed by atoms with van der Waals surface area (Å²) in [6.07, 6.45) is 4.67. The topological polar surface area (TPSA) is 45.2 Å². The summed E-state index contributed by atoms with van der Waals surface area (Å²) in [7, 11) is 0. The summed E-state index contributed by atoms with van der Waals surface area (Å²) in [5, 5.41) is 2.95. The molecule has 0 aliphatic carbocycles. The highest BCUT2D eigenvalue weighted by Crippen LogP contribution is 2.19. The minimum absolute atomic E-state index is 0.0224. The average Bonchev–Trinajstić information content (AvgIpc) is 3.17. The van der Waals surface area contributed by atoms with Crippen molar-refractivity contribution < 1.29 is 9.18 Å². The second-order valence-electron chi connectivity index (χ2n) is 6.05. The number of pyridine rings is 1. The van der Waals surface area contributed by atoms with Crippen molar-refractivity contribution in [2.45, 2.75) is 30.7 Å². The number of hydrogen-bond donors (Lipinski definition) is 1. The maximum absolute atomic E-state index is 12.8. The molecule has 1 fully saturated rings. The molecule has 3 rings (SSSR count). The molecule has 2 heterocycles. The van der Waals surface area contributed by atoms with E-state index in [4.69, 9.17) is 0 Å².